The molecule has 1 heterocycles. The van der Waals surface area contributed by atoms with Crippen molar-refractivity contribution in [3.05, 3.63) is 28.4 Å². The molecular formula is C17H21N3O3. The summed E-state index contributed by atoms with van der Waals surface area (Å²) in [5.41, 5.74) is 0.733. The smallest absolute Gasteiger partial charge is 0.354 e. The van der Waals surface area contributed by atoms with Gasteiger partial charge in [-0.2, -0.15) is 5.10 Å². The number of aromatic carboxylic acids is 1. The predicted molar refractivity (Wildman–Crippen MR) is 83.1 cm³/mol. The van der Waals surface area contributed by atoms with Crippen LogP contribution in [0, 0.1) is 17.9 Å². The average Bonchev–Trinajstić information content (AvgIpc) is 2.80. The molecule has 6 heteroatoms. The Morgan fingerprint density at radius 1 is 1.43 bits per heavy atom. The van der Waals surface area contributed by atoms with E-state index in [0.29, 0.717) is 12.8 Å². The number of hydrogen-bond donors (Lipinski definition) is 1. The van der Waals surface area contributed by atoms with Gasteiger partial charge in [-0.25, -0.2) is 11.4 Å². The molecule has 3 atom stereocenters. The lowest BCUT2D eigenvalue weighted by Gasteiger charge is -2.51. The maximum atomic E-state index is 12.6. The van der Waals surface area contributed by atoms with Crippen molar-refractivity contribution in [2.45, 2.75) is 51.5 Å². The van der Waals surface area contributed by atoms with Gasteiger partial charge < -0.3 is 9.95 Å². The Morgan fingerprint density at radius 3 is 2.65 bits per heavy atom. The predicted octanol–water partition coefficient (Wildman–Crippen LogP) is 2.23. The highest BCUT2D eigenvalue weighted by atomic mass is 16.4. The third-order valence-electron chi connectivity index (χ3n) is 5.92. The van der Waals surface area contributed by atoms with Gasteiger partial charge in [-0.3, -0.25) is 9.48 Å². The fraction of sp³-hybridized carbons (Fsp3) is 0.647. The summed E-state index contributed by atoms with van der Waals surface area (Å²) in [4.78, 5) is 27.7. The SMILES string of the molecule is [C-]#[N+]C1C[C@]2(C)c3nn(C)c(C(=O)O)c3CC[C@H]2C(C)(C)C1=O. The lowest BCUT2D eigenvalue weighted by atomic mass is 9.50. The monoisotopic (exact) mass is 315 g/mol. The van der Waals surface area contributed by atoms with Gasteiger partial charge in [0.25, 0.3) is 6.04 Å². The first kappa shape index (κ1) is 15.7. The molecule has 1 saturated carbocycles. The highest BCUT2D eigenvalue weighted by Crippen LogP contribution is 2.56. The first-order valence-electron chi connectivity index (χ1n) is 7.85. The van der Waals surface area contributed by atoms with E-state index < -0.39 is 22.8 Å². The van der Waals surface area contributed by atoms with Crippen molar-refractivity contribution >= 4 is 11.8 Å². The molecule has 1 aromatic heterocycles. The minimum absolute atomic E-state index is 0.00724. The normalized spacial score (nSPS) is 31.9. The van der Waals surface area contributed by atoms with Crippen LogP contribution in [0.5, 0.6) is 0 Å². The molecule has 2 aliphatic carbocycles. The molecule has 1 unspecified atom stereocenters. The van der Waals surface area contributed by atoms with Gasteiger partial charge in [0, 0.05) is 29.9 Å². The molecule has 6 nitrogen and oxygen atoms in total. The molecule has 0 aromatic carbocycles. The standard InChI is InChI=1S/C17H21N3O3/c1-16(2)11-7-6-9-12(15(22)23)20(5)19-13(9)17(11,3)8-10(18-4)14(16)21/h10-11H,6-8H2,1-3,5H3,(H,22,23)/t10?,11-,17-/m0/s1. The number of nitrogens with zero attached hydrogens (tertiary/aromatic N) is 3. The average molecular weight is 315 g/mol. The number of aryl methyl sites for hydroxylation is 1. The zero-order valence-electron chi connectivity index (χ0n) is 13.9. The second kappa shape index (κ2) is 4.67. The largest absolute Gasteiger partial charge is 0.477 e. The van der Waals surface area contributed by atoms with Gasteiger partial charge in [-0.15, -0.1) is 0 Å². The summed E-state index contributed by atoms with van der Waals surface area (Å²) in [5, 5.41) is 14.0. The first-order chi connectivity index (χ1) is 10.6. The van der Waals surface area contributed by atoms with Crippen LogP contribution in [0.25, 0.3) is 4.85 Å². The Balaban J connectivity index is 2.21. The van der Waals surface area contributed by atoms with Gasteiger partial charge in [0.05, 0.1) is 5.69 Å². The van der Waals surface area contributed by atoms with Gasteiger partial charge in [-0.1, -0.05) is 20.8 Å². The summed E-state index contributed by atoms with van der Waals surface area (Å²) in [6.07, 6.45) is 1.79. The van der Waals surface area contributed by atoms with Crippen LogP contribution in [0.2, 0.25) is 0 Å². The van der Waals surface area contributed by atoms with Crippen LogP contribution in [0.4, 0.5) is 0 Å². The zero-order valence-corrected chi connectivity index (χ0v) is 13.9. The van der Waals surface area contributed by atoms with Crippen molar-refractivity contribution in [3.63, 3.8) is 0 Å². The summed E-state index contributed by atoms with van der Waals surface area (Å²) >= 11 is 0. The van der Waals surface area contributed by atoms with Gasteiger partial charge in [0.1, 0.15) is 5.69 Å². The van der Waals surface area contributed by atoms with E-state index >= 15 is 0 Å². The fourth-order valence-corrected chi connectivity index (χ4v) is 4.90. The van der Waals surface area contributed by atoms with E-state index in [2.05, 4.69) is 9.94 Å². The van der Waals surface area contributed by atoms with Crippen molar-refractivity contribution in [3.8, 4) is 0 Å². The molecule has 1 fully saturated rings. The van der Waals surface area contributed by atoms with Crippen LogP contribution in [0.1, 0.15) is 55.4 Å². The highest BCUT2D eigenvalue weighted by Gasteiger charge is 2.61. The maximum Gasteiger partial charge on any atom is 0.354 e. The third-order valence-corrected chi connectivity index (χ3v) is 5.92. The maximum absolute atomic E-state index is 12.6. The molecule has 0 bridgehead atoms. The molecule has 0 radical (unpaired) electrons. The summed E-state index contributed by atoms with van der Waals surface area (Å²) in [5.74, 6) is -0.895. The van der Waals surface area contributed by atoms with Crippen LogP contribution in [-0.2, 0) is 23.7 Å². The topological polar surface area (TPSA) is 76.6 Å². The quantitative estimate of drug-likeness (QED) is 0.806. The Labute approximate surface area is 135 Å². The summed E-state index contributed by atoms with van der Waals surface area (Å²) in [6, 6.07) is -0.674. The second-order valence-corrected chi connectivity index (χ2v) is 7.55. The number of carbonyl (C=O) groups is 2. The number of aromatic nitrogens is 2. The molecule has 1 aromatic rings. The first-order valence-corrected chi connectivity index (χ1v) is 7.85. The Kier molecular flexibility index (Phi) is 3.19. The molecule has 122 valence electrons. The Bertz CT molecular complexity index is 756. The van der Waals surface area contributed by atoms with E-state index in [9.17, 15) is 14.7 Å². The number of carboxylic acid groups (broad SMARTS) is 1. The van der Waals surface area contributed by atoms with Gasteiger partial charge in [0.2, 0.25) is 5.78 Å². The van der Waals surface area contributed by atoms with Crippen molar-refractivity contribution in [1.29, 1.82) is 0 Å². The number of rotatable bonds is 1. The fourth-order valence-electron chi connectivity index (χ4n) is 4.90. The van der Waals surface area contributed by atoms with E-state index in [1.165, 1.54) is 4.68 Å². The molecule has 2 aliphatic rings. The molecule has 0 spiro atoms. The minimum Gasteiger partial charge on any atom is -0.477 e. The van der Waals surface area contributed by atoms with E-state index in [4.69, 9.17) is 6.57 Å². The zero-order chi connectivity index (χ0) is 17.2. The number of carbonyl (C=O) groups excluding carboxylic acids is 1. The molecule has 0 saturated heterocycles. The summed E-state index contributed by atoms with van der Waals surface area (Å²) in [6.45, 7) is 13.3. The Morgan fingerprint density at radius 2 is 2.09 bits per heavy atom. The van der Waals surface area contributed by atoms with Crippen LogP contribution in [0.3, 0.4) is 0 Å². The van der Waals surface area contributed by atoms with Crippen LogP contribution >= 0.6 is 0 Å². The van der Waals surface area contributed by atoms with Gasteiger partial charge >= 0.3 is 5.97 Å². The number of fused-ring (bicyclic) bond motifs is 3. The second-order valence-electron chi connectivity index (χ2n) is 7.55. The van der Waals surface area contributed by atoms with Crippen molar-refractivity contribution < 1.29 is 14.7 Å². The van der Waals surface area contributed by atoms with E-state index in [1.807, 2.05) is 20.8 Å². The minimum atomic E-state index is -0.976. The third kappa shape index (κ3) is 1.89. The van der Waals surface area contributed by atoms with Crippen LogP contribution in [-0.4, -0.2) is 32.7 Å². The van der Waals surface area contributed by atoms with E-state index in [0.717, 1.165) is 17.7 Å². The number of Topliss-reactive ketones (excluding diaryl/α,β-unsaturated/α-hetero) is 1. The molecule has 1 N–H and O–H groups in total. The summed E-state index contributed by atoms with van der Waals surface area (Å²) < 4.78 is 1.43. The van der Waals surface area contributed by atoms with E-state index in [1.54, 1.807) is 7.05 Å². The molecule has 0 aliphatic heterocycles. The number of ketones is 1. The van der Waals surface area contributed by atoms with Gasteiger partial charge in [-0.05, 0) is 18.8 Å². The number of carboxylic acids is 1. The lowest BCUT2D eigenvalue weighted by Crippen LogP contribution is -2.56. The molecule has 0 amide bonds. The number of hydrogen-bond acceptors (Lipinski definition) is 3. The lowest BCUT2D eigenvalue weighted by molar-refractivity contribution is -0.137. The van der Waals surface area contributed by atoms with Gasteiger partial charge in [0.15, 0.2) is 0 Å². The van der Waals surface area contributed by atoms with Crippen molar-refractivity contribution in [2.75, 3.05) is 0 Å². The summed E-state index contributed by atoms with van der Waals surface area (Å²) in [7, 11) is 1.64. The van der Waals surface area contributed by atoms with Crippen molar-refractivity contribution in [1.82, 2.24) is 9.78 Å². The van der Waals surface area contributed by atoms with Crippen LogP contribution < -0.4 is 0 Å². The molecule has 23 heavy (non-hydrogen) atoms. The molecular weight excluding hydrogens is 294 g/mol. The Hall–Kier alpha value is -2.16. The molecule has 3 rings (SSSR count). The van der Waals surface area contributed by atoms with Crippen LogP contribution in [0.15, 0.2) is 0 Å². The van der Waals surface area contributed by atoms with Crippen molar-refractivity contribution in [2.24, 2.45) is 18.4 Å². The highest BCUT2D eigenvalue weighted by molar-refractivity contribution is 5.93. The van der Waals surface area contributed by atoms with E-state index in [-0.39, 0.29) is 17.4 Å².